The number of carbonyl (C=O) groups is 1. The van der Waals surface area contributed by atoms with Crippen LogP contribution >= 0.6 is 11.8 Å². The second-order valence-electron chi connectivity index (χ2n) is 8.18. The standard InChI is InChI=1S/C22H29NO6S/c1-13-9-19(26)28-21-15-5-7-22(2,3)29-16(15)10-17(20(13)21)27-12-18(25)23-14(11-24)6-8-30-4/h9-10,14,24H,5-8,11-12H2,1-4H3,(H,23,25)/t14-/m1/s1. The van der Waals surface area contributed by atoms with Crippen molar-refractivity contribution < 1.29 is 23.8 Å². The third-order valence-corrected chi connectivity index (χ3v) is 5.86. The van der Waals surface area contributed by atoms with Crippen LogP contribution in [0.15, 0.2) is 21.3 Å². The molecule has 0 unspecified atom stereocenters. The van der Waals surface area contributed by atoms with Crippen LogP contribution < -0.4 is 20.4 Å². The molecule has 1 aliphatic heterocycles. The fourth-order valence-corrected chi connectivity index (χ4v) is 4.14. The smallest absolute Gasteiger partial charge is 0.336 e. The zero-order valence-electron chi connectivity index (χ0n) is 17.9. The normalized spacial score (nSPS) is 15.9. The van der Waals surface area contributed by atoms with Gasteiger partial charge in [0, 0.05) is 17.7 Å². The lowest BCUT2D eigenvalue weighted by molar-refractivity contribution is -0.124. The topological polar surface area (TPSA) is 98.0 Å². The number of ether oxygens (including phenoxy) is 2. The number of hydrogen-bond donors (Lipinski definition) is 2. The predicted octanol–water partition coefficient (Wildman–Crippen LogP) is 2.81. The summed E-state index contributed by atoms with van der Waals surface area (Å²) in [5.41, 5.74) is 1.25. The molecule has 2 N–H and O–H groups in total. The van der Waals surface area contributed by atoms with E-state index in [1.54, 1.807) is 17.8 Å². The number of benzene rings is 1. The van der Waals surface area contributed by atoms with Gasteiger partial charge in [-0.05, 0) is 57.6 Å². The highest BCUT2D eigenvalue weighted by Crippen LogP contribution is 2.42. The Bertz CT molecular complexity index is 984. The first kappa shape index (κ1) is 22.5. The van der Waals surface area contributed by atoms with E-state index < -0.39 is 5.63 Å². The number of nitrogens with one attached hydrogen (secondary N) is 1. The van der Waals surface area contributed by atoms with Crippen LogP contribution in [0.2, 0.25) is 0 Å². The van der Waals surface area contributed by atoms with Crippen LogP contribution in [0.3, 0.4) is 0 Å². The second kappa shape index (κ2) is 9.31. The Morgan fingerprint density at radius 1 is 1.40 bits per heavy atom. The van der Waals surface area contributed by atoms with E-state index in [2.05, 4.69) is 5.32 Å². The molecule has 2 heterocycles. The Hall–Kier alpha value is -2.19. The molecule has 0 spiro atoms. The van der Waals surface area contributed by atoms with E-state index in [4.69, 9.17) is 13.9 Å². The predicted molar refractivity (Wildman–Crippen MR) is 118 cm³/mol. The number of hydrogen-bond acceptors (Lipinski definition) is 7. The molecule has 1 aromatic heterocycles. The molecule has 0 saturated heterocycles. The van der Waals surface area contributed by atoms with Crippen LogP contribution in [0.4, 0.5) is 0 Å². The maximum Gasteiger partial charge on any atom is 0.336 e. The van der Waals surface area contributed by atoms with Crippen molar-refractivity contribution in [1.82, 2.24) is 5.32 Å². The van der Waals surface area contributed by atoms with Gasteiger partial charge in [0.05, 0.1) is 18.0 Å². The van der Waals surface area contributed by atoms with Gasteiger partial charge in [-0.3, -0.25) is 4.79 Å². The van der Waals surface area contributed by atoms with Gasteiger partial charge in [-0.15, -0.1) is 0 Å². The first-order valence-electron chi connectivity index (χ1n) is 10.1. The van der Waals surface area contributed by atoms with Gasteiger partial charge in [0.2, 0.25) is 0 Å². The molecule has 1 atom stereocenters. The molecular weight excluding hydrogens is 406 g/mol. The minimum Gasteiger partial charge on any atom is -0.487 e. The minimum atomic E-state index is -0.429. The number of fused-ring (bicyclic) bond motifs is 3. The molecule has 0 radical (unpaired) electrons. The Kier molecular flexibility index (Phi) is 6.98. The van der Waals surface area contributed by atoms with E-state index in [-0.39, 0.29) is 30.8 Å². The maximum absolute atomic E-state index is 12.4. The summed E-state index contributed by atoms with van der Waals surface area (Å²) in [7, 11) is 0. The van der Waals surface area contributed by atoms with Crippen molar-refractivity contribution >= 4 is 28.6 Å². The summed E-state index contributed by atoms with van der Waals surface area (Å²) in [5.74, 6) is 1.56. The second-order valence-corrected chi connectivity index (χ2v) is 9.17. The molecule has 164 valence electrons. The summed E-state index contributed by atoms with van der Waals surface area (Å²) in [6.07, 6.45) is 4.18. The van der Waals surface area contributed by atoms with Gasteiger partial charge in [-0.2, -0.15) is 11.8 Å². The molecule has 0 fully saturated rings. The summed E-state index contributed by atoms with van der Waals surface area (Å²) < 4.78 is 17.5. The van der Waals surface area contributed by atoms with Crippen molar-refractivity contribution in [3.05, 3.63) is 33.7 Å². The third kappa shape index (κ3) is 5.10. The van der Waals surface area contributed by atoms with Crippen LogP contribution in [-0.4, -0.2) is 47.9 Å². The van der Waals surface area contributed by atoms with Gasteiger partial charge in [0.25, 0.3) is 5.91 Å². The molecule has 7 nitrogen and oxygen atoms in total. The number of rotatable bonds is 8. The fourth-order valence-electron chi connectivity index (χ4n) is 3.62. The monoisotopic (exact) mass is 435 g/mol. The first-order chi connectivity index (χ1) is 14.2. The van der Waals surface area contributed by atoms with Crippen molar-refractivity contribution in [3.63, 3.8) is 0 Å². The molecule has 1 aliphatic rings. The summed E-state index contributed by atoms with van der Waals surface area (Å²) in [6, 6.07) is 2.88. The number of aliphatic hydroxyl groups excluding tert-OH is 1. The van der Waals surface area contributed by atoms with Crippen molar-refractivity contribution in [1.29, 1.82) is 0 Å². The van der Waals surface area contributed by atoms with E-state index >= 15 is 0 Å². The van der Waals surface area contributed by atoms with Crippen molar-refractivity contribution in [2.45, 2.75) is 51.7 Å². The van der Waals surface area contributed by atoms with E-state index in [9.17, 15) is 14.7 Å². The van der Waals surface area contributed by atoms with E-state index in [0.717, 1.165) is 29.7 Å². The number of aliphatic hydroxyl groups is 1. The van der Waals surface area contributed by atoms with Crippen molar-refractivity contribution in [2.24, 2.45) is 0 Å². The zero-order chi connectivity index (χ0) is 21.9. The van der Waals surface area contributed by atoms with Crippen LogP contribution in [0.5, 0.6) is 11.5 Å². The Morgan fingerprint density at radius 2 is 2.17 bits per heavy atom. The van der Waals surface area contributed by atoms with E-state index in [0.29, 0.717) is 28.9 Å². The number of aryl methyl sites for hydroxylation is 2. The molecule has 0 bridgehead atoms. The molecule has 0 aliphatic carbocycles. The summed E-state index contributed by atoms with van der Waals surface area (Å²) in [6.45, 7) is 5.48. The highest BCUT2D eigenvalue weighted by Gasteiger charge is 2.30. The van der Waals surface area contributed by atoms with Gasteiger partial charge >= 0.3 is 5.63 Å². The summed E-state index contributed by atoms with van der Waals surface area (Å²) in [4.78, 5) is 24.4. The first-order valence-corrected chi connectivity index (χ1v) is 11.4. The quantitative estimate of drug-likeness (QED) is 0.615. The minimum absolute atomic E-state index is 0.124. The average Bonchev–Trinajstić information content (AvgIpc) is 2.67. The van der Waals surface area contributed by atoms with Crippen LogP contribution in [0, 0.1) is 6.92 Å². The maximum atomic E-state index is 12.4. The molecule has 2 aromatic rings. The van der Waals surface area contributed by atoms with Crippen molar-refractivity contribution in [3.8, 4) is 11.5 Å². The molecular formula is C22H29NO6S. The highest BCUT2D eigenvalue weighted by molar-refractivity contribution is 7.98. The average molecular weight is 436 g/mol. The Balaban J connectivity index is 1.88. The number of amides is 1. The summed E-state index contributed by atoms with van der Waals surface area (Å²) in [5, 5.41) is 12.9. The zero-order valence-corrected chi connectivity index (χ0v) is 18.7. The molecule has 1 aromatic carbocycles. The Morgan fingerprint density at radius 3 is 2.87 bits per heavy atom. The Labute approximate surface area is 180 Å². The number of carbonyl (C=O) groups excluding carboxylic acids is 1. The summed E-state index contributed by atoms with van der Waals surface area (Å²) >= 11 is 1.66. The molecule has 1 amide bonds. The van der Waals surface area contributed by atoms with Gasteiger partial charge in [0.15, 0.2) is 6.61 Å². The van der Waals surface area contributed by atoms with Gasteiger partial charge in [0.1, 0.15) is 22.7 Å². The molecule has 3 rings (SSSR count). The van der Waals surface area contributed by atoms with Crippen LogP contribution in [0.25, 0.3) is 11.0 Å². The third-order valence-electron chi connectivity index (χ3n) is 5.22. The molecule has 8 heteroatoms. The lowest BCUT2D eigenvalue weighted by Crippen LogP contribution is -2.40. The lowest BCUT2D eigenvalue weighted by Gasteiger charge is -2.33. The lowest BCUT2D eigenvalue weighted by atomic mass is 9.92. The highest BCUT2D eigenvalue weighted by atomic mass is 32.2. The van der Waals surface area contributed by atoms with Crippen LogP contribution in [-0.2, 0) is 11.2 Å². The van der Waals surface area contributed by atoms with Gasteiger partial charge < -0.3 is 24.3 Å². The van der Waals surface area contributed by atoms with Crippen LogP contribution in [0.1, 0.15) is 37.8 Å². The van der Waals surface area contributed by atoms with Gasteiger partial charge in [-0.25, -0.2) is 4.79 Å². The van der Waals surface area contributed by atoms with Crippen molar-refractivity contribution in [2.75, 3.05) is 25.2 Å². The van der Waals surface area contributed by atoms with E-state index in [1.165, 1.54) is 6.07 Å². The van der Waals surface area contributed by atoms with E-state index in [1.807, 2.05) is 27.0 Å². The molecule has 0 saturated carbocycles. The number of thioether (sulfide) groups is 1. The molecule has 30 heavy (non-hydrogen) atoms. The SMILES string of the molecule is CSCC[C@H](CO)NC(=O)COc1cc2c(c3oc(=O)cc(C)c13)CCC(C)(C)O2. The van der Waals surface area contributed by atoms with Gasteiger partial charge in [-0.1, -0.05) is 0 Å². The largest absolute Gasteiger partial charge is 0.487 e. The fraction of sp³-hybridized carbons (Fsp3) is 0.545.